The average molecular weight is 457 g/mol. The number of amides is 1. The van der Waals surface area contributed by atoms with Crippen LogP contribution in [0.15, 0.2) is 30.6 Å². The molecular formula is C24H32N4O5. The molecule has 1 aliphatic carbocycles. The molecular weight excluding hydrogens is 424 g/mol. The zero-order valence-electron chi connectivity index (χ0n) is 19.8. The van der Waals surface area contributed by atoms with Crippen LogP contribution in [0.4, 0.5) is 5.95 Å². The quantitative estimate of drug-likeness (QED) is 0.605. The number of hydrogen-bond donors (Lipinski definition) is 1. The molecule has 0 unspecified atom stereocenters. The van der Waals surface area contributed by atoms with Crippen molar-refractivity contribution in [1.29, 1.82) is 0 Å². The first-order valence-electron chi connectivity index (χ1n) is 11.1. The number of carbonyl (C=O) groups excluding carboxylic acids is 2. The Labute approximate surface area is 194 Å². The summed E-state index contributed by atoms with van der Waals surface area (Å²) in [6.45, 7) is 3.83. The van der Waals surface area contributed by atoms with E-state index in [1.54, 1.807) is 12.0 Å². The minimum atomic E-state index is -0.302. The lowest BCUT2D eigenvalue weighted by Gasteiger charge is -2.36. The molecule has 1 aliphatic rings. The van der Waals surface area contributed by atoms with E-state index in [2.05, 4.69) is 15.3 Å². The second kappa shape index (κ2) is 11.0. The molecule has 0 aliphatic heterocycles. The zero-order valence-corrected chi connectivity index (χ0v) is 19.8. The molecule has 9 nitrogen and oxygen atoms in total. The fourth-order valence-electron chi connectivity index (χ4n) is 4.13. The van der Waals surface area contributed by atoms with Gasteiger partial charge in [-0.05, 0) is 43.9 Å². The largest absolute Gasteiger partial charge is 0.493 e. The van der Waals surface area contributed by atoms with Crippen LogP contribution in [0.5, 0.6) is 11.5 Å². The molecule has 3 rings (SSSR count). The molecule has 3 atom stereocenters. The lowest BCUT2D eigenvalue weighted by Crippen LogP contribution is -2.44. The van der Waals surface area contributed by atoms with Crippen molar-refractivity contribution < 1.29 is 23.8 Å². The highest BCUT2D eigenvalue weighted by Crippen LogP contribution is 2.38. The van der Waals surface area contributed by atoms with Gasteiger partial charge in [0.2, 0.25) is 5.95 Å². The van der Waals surface area contributed by atoms with E-state index in [9.17, 15) is 9.59 Å². The van der Waals surface area contributed by atoms with E-state index in [1.165, 1.54) is 19.3 Å². The summed E-state index contributed by atoms with van der Waals surface area (Å²) in [6, 6.07) is 5.62. The monoisotopic (exact) mass is 456 g/mol. The maximum atomic E-state index is 13.0. The van der Waals surface area contributed by atoms with Crippen molar-refractivity contribution >= 4 is 17.8 Å². The van der Waals surface area contributed by atoms with Gasteiger partial charge in [0.25, 0.3) is 5.91 Å². The Balaban J connectivity index is 1.85. The SMILES string of the molecule is CCOc1cc([C@H]2C[C@H](OC(C)=O)CC[C@H]2NC(=O)c2cnc(N(C)C)nc2)ccc1OC. The summed E-state index contributed by atoms with van der Waals surface area (Å²) in [7, 11) is 5.28. The lowest BCUT2D eigenvalue weighted by atomic mass is 9.78. The number of nitrogens with one attached hydrogen (secondary N) is 1. The average Bonchev–Trinajstić information content (AvgIpc) is 2.80. The molecule has 0 spiro atoms. The van der Waals surface area contributed by atoms with Gasteiger partial charge in [-0.15, -0.1) is 0 Å². The number of aromatic nitrogens is 2. The smallest absolute Gasteiger partial charge is 0.302 e. The molecule has 0 bridgehead atoms. The number of benzene rings is 1. The summed E-state index contributed by atoms with van der Waals surface area (Å²) in [5, 5.41) is 3.14. The van der Waals surface area contributed by atoms with Crippen LogP contribution in [0.25, 0.3) is 0 Å². The number of esters is 1. The van der Waals surface area contributed by atoms with Crippen molar-refractivity contribution in [2.24, 2.45) is 0 Å². The summed E-state index contributed by atoms with van der Waals surface area (Å²) in [6.07, 6.45) is 4.78. The van der Waals surface area contributed by atoms with Crippen molar-refractivity contribution in [1.82, 2.24) is 15.3 Å². The van der Waals surface area contributed by atoms with Gasteiger partial charge in [0.15, 0.2) is 11.5 Å². The van der Waals surface area contributed by atoms with Crippen LogP contribution >= 0.6 is 0 Å². The van der Waals surface area contributed by atoms with Crippen LogP contribution in [0.1, 0.15) is 54.9 Å². The van der Waals surface area contributed by atoms with E-state index in [-0.39, 0.29) is 29.9 Å². The summed E-state index contributed by atoms with van der Waals surface area (Å²) in [5.74, 6) is 1.22. The third-order valence-electron chi connectivity index (χ3n) is 5.67. The third kappa shape index (κ3) is 6.12. The third-order valence-corrected chi connectivity index (χ3v) is 5.67. The van der Waals surface area contributed by atoms with Gasteiger partial charge in [-0.25, -0.2) is 9.97 Å². The van der Waals surface area contributed by atoms with E-state index in [1.807, 2.05) is 39.2 Å². The summed E-state index contributed by atoms with van der Waals surface area (Å²) >= 11 is 0. The number of ether oxygens (including phenoxy) is 3. The van der Waals surface area contributed by atoms with Gasteiger partial charge in [0, 0.05) is 45.4 Å². The first-order chi connectivity index (χ1) is 15.8. The fourth-order valence-corrected chi connectivity index (χ4v) is 4.13. The predicted octanol–water partition coefficient (Wildman–Crippen LogP) is 2.95. The maximum Gasteiger partial charge on any atom is 0.302 e. The number of carbonyl (C=O) groups is 2. The van der Waals surface area contributed by atoms with Gasteiger partial charge >= 0.3 is 5.97 Å². The zero-order chi connectivity index (χ0) is 24.0. The van der Waals surface area contributed by atoms with Crippen LogP contribution in [-0.4, -0.2) is 61.8 Å². The highest BCUT2D eigenvalue weighted by molar-refractivity contribution is 5.94. The van der Waals surface area contributed by atoms with Gasteiger partial charge in [-0.3, -0.25) is 9.59 Å². The fraction of sp³-hybridized carbons (Fsp3) is 0.500. The molecule has 1 saturated carbocycles. The molecule has 1 fully saturated rings. The Morgan fingerprint density at radius 2 is 1.88 bits per heavy atom. The van der Waals surface area contributed by atoms with Gasteiger partial charge in [-0.2, -0.15) is 0 Å². The molecule has 1 N–H and O–H groups in total. The minimum absolute atomic E-state index is 0.0703. The Morgan fingerprint density at radius 3 is 2.48 bits per heavy atom. The number of methoxy groups -OCH3 is 1. The molecule has 33 heavy (non-hydrogen) atoms. The lowest BCUT2D eigenvalue weighted by molar-refractivity contribution is -0.148. The van der Waals surface area contributed by atoms with Crippen LogP contribution in [0.3, 0.4) is 0 Å². The van der Waals surface area contributed by atoms with E-state index < -0.39 is 0 Å². The molecule has 1 aromatic carbocycles. The van der Waals surface area contributed by atoms with Crippen LogP contribution < -0.4 is 19.7 Å². The van der Waals surface area contributed by atoms with Gasteiger partial charge in [0.05, 0.1) is 19.3 Å². The van der Waals surface area contributed by atoms with Crippen LogP contribution in [0, 0.1) is 0 Å². The molecule has 2 aromatic rings. The topological polar surface area (TPSA) is 103 Å². The molecule has 0 radical (unpaired) electrons. The Hall–Kier alpha value is -3.36. The first kappa shape index (κ1) is 24.3. The van der Waals surface area contributed by atoms with Crippen molar-refractivity contribution in [2.75, 3.05) is 32.7 Å². The highest BCUT2D eigenvalue weighted by atomic mass is 16.5. The Morgan fingerprint density at radius 1 is 1.15 bits per heavy atom. The predicted molar refractivity (Wildman–Crippen MR) is 124 cm³/mol. The van der Waals surface area contributed by atoms with E-state index >= 15 is 0 Å². The Kier molecular flexibility index (Phi) is 8.08. The van der Waals surface area contributed by atoms with Crippen LogP contribution in [0.2, 0.25) is 0 Å². The molecule has 1 amide bonds. The highest BCUT2D eigenvalue weighted by Gasteiger charge is 2.34. The number of nitrogens with zero attached hydrogens (tertiary/aromatic N) is 3. The van der Waals surface area contributed by atoms with Gasteiger partial charge in [-0.1, -0.05) is 6.07 Å². The van der Waals surface area contributed by atoms with Crippen molar-refractivity contribution in [3.05, 3.63) is 41.7 Å². The second-order valence-electron chi connectivity index (χ2n) is 8.24. The maximum absolute atomic E-state index is 13.0. The first-order valence-corrected chi connectivity index (χ1v) is 11.1. The summed E-state index contributed by atoms with van der Waals surface area (Å²) in [5.41, 5.74) is 1.38. The number of anilines is 1. The van der Waals surface area contributed by atoms with E-state index in [0.29, 0.717) is 48.9 Å². The minimum Gasteiger partial charge on any atom is -0.493 e. The van der Waals surface area contributed by atoms with Crippen LogP contribution in [-0.2, 0) is 9.53 Å². The van der Waals surface area contributed by atoms with Crippen molar-refractivity contribution in [3.8, 4) is 11.5 Å². The van der Waals surface area contributed by atoms with Gasteiger partial charge in [0.1, 0.15) is 6.10 Å². The molecule has 178 valence electrons. The number of hydrogen-bond acceptors (Lipinski definition) is 8. The molecule has 0 saturated heterocycles. The molecule has 1 aromatic heterocycles. The summed E-state index contributed by atoms with van der Waals surface area (Å²) < 4.78 is 16.7. The normalized spacial score (nSPS) is 20.0. The van der Waals surface area contributed by atoms with Crippen molar-refractivity contribution in [2.45, 2.75) is 51.2 Å². The Bertz CT molecular complexity index is 964. The standard InChI is InChI=1S/C24H32N4O5/c1-6-32-22-11-16(7-10-21(22)31-5)19-12-18(33-15(2)29)8-9-20(19)27-23(30)17-13-25-24(26-14-17)28(3)4/h7,10-11,13-14,18-20H,6,8-9,12H2,1-5H3,(H,27,30)/t18-,19-,20-/m1/s1. The molecule has 1 heterocycles. The summed E-state index contributed by atoms with van der Waals surface area (Å²) in [4.78, 5) is 34.8. The second-order valence-corrected chi connectivity index (χ2v) is 8.24. The van der Waals surface area contributed by atoms with Gasteiger partial charge < -0.3 is 24.4 Å². The van der Waals surface area contributed by atoms with Crippen molar-refractivity contribution in [3.63, 3.8) is 0 Å². The molecule has 9 heteroatoms. The van der Waals surface area contributed by atoms with E-state index in [4.69, 9.17) is 14.2 Å². The van der Waals surface area contributed by atoms with E-state index in [0.717, 1.165) is 5.56 Å². The number of rotatable bonds is 8.